The Labute approximate surface area is 161 Å². The molecule has 140 valence electrons. The smallest absolute Gasteiger partial charge is 0.328 e. The molecule has 0 aliphatic heterocycles. The largest absolute Gasteiger partial charge is 0.467 e. The van der Waals surface area contributed by atoms with E-state index in [-0.39, 0.29) is 11.7 Å². The number of hydrogen-bond acceptors (Lipinski definition) is 5. The molecule has 27 heavy (non-hydrogen) atoms. The molecule has 1 atom stereocenters. The number of amides is 1. The summed E-state index contributed by atoms with van der Waals surface area (Å²) in [5, 5.41) is 3.42. The first kappa shape index (κ1) is 19.0. The number of esters is 1. The molecule has 0 fully saturated rings. The van der Waals surface area contributed by atoms with E-state index in [0.717, 1.165) is 22.2 Å². The number of carbonyl (C=O) groups excluding carboxylic acids is 2. The third-order valence-corrected chi connectivity index (χ3v) is 4.93. The molecule has 3 aromatic rings. The number of aromatic nitrogens is 2. The van der Waals surface area contributed by atoms with Crippen molar-refractivity contribution in [3.05, 3.63) is 59.7 Å². The van der Waals surface area contributed by atoms with Gasteiger partial charge in [-0.3, -0.25) is 4.79 Å². The summed E-state index contributed by atoms with van der Waals surface area (Å²) in [6.45, 7) is 2.01. The van der Waals surface area contributed by atoms with Crippen LogP contribution in [0.5, 0.6) is 0 Å². The van der Waals surface area contributed by atoms with Crippen molar-refractivity contribution in [1.82, 2.24) is 15.3 Å². The van der Waals surface area contributed by atoms with Gasteiger partial charge in [-0.05, 0) is 30.2 Å². The number of nitrogens with zero attached hydrogens (tertiary/aromatic N) is 1. The first-order valence-corrected chi connectivity index (χ1v) is 9.54. The van der Waals surface area contributed by atoms with E-state index in [1.807, 2.05) is 55.5 Å². The molecule has 2 aromatic carbocycles. The predicted octanol–water partition coefficient (Wildman–Crippen LogP) is 2.86. The lowest BCUT2D eigenvalue weighted by atomic mass is 10.1. The summed E-state index contributed by atoms with van der Waals surface area (Å²) in [7, 11) is 1.32. The van der Waals surface area contributed by atoms with E-state index in [2.05, 4.69) is 15.3 Å². The van der Waals surface area contributed by atoms with Gasteiger partial charge in [-0.25, -0.2) is 9.78 Å². The number of fused-ring (bicyclic) bond motifs is 1. The van der Waals surface area contributed by atoms with Crippen molar-refractivity contribution in [3.63, 3.8) is 0 Å². The third-order valence-electron chi connectivity index (χ3n) is 4.06. The summed E-state index contributed by atoms with van der Waals surface area (Å²) >= 11 is 1.30. The Hall–Kier alpha value is -2.80. The van der Waals surface area contributed by atoms with Gasteiger partial charge in [0, 0.05) is 6.42 Å². The van der Waals surface area contributed by atoms with Gasteiger partial charge in [-0.15, -0.1) is 0 Å². The van der Waals surface area contributed by atoms with Crippen molar-refractivity contribution >= 4 is 34.7 Å². The third kappa shape index (κ3) is 5.10. The molecule has 0 radical (unpaired) electrons. The van der Waals surface area contributed by atoms with Crippen LogP contribution in [0.3, 0.4) is 0 Å². The lowest BCUT2D eigenvalue weighted by molar-refractivity contribution is -0.144. The molecule has 0 unspecified atom stereocenters. The quantitative estimate of drug-likeness (QED) is 0.484. The topological polar surface area (TPSA) is 84.1 Å². The number of carbonyl (C=O) groups is 2. The highest BCUT2D eigenvalue weighted by Crippen LogP contribution is 2.20. The Kier molecular flexibility index (Phi) is 6.13. The number of aryl methyl sites for hydroxylation is 1. The Balaban J connectivity index is 1.60. The summed E-state index contributed by atoms with van der Waals surface area (Å²) in [4.78, 5) is 32.0. The fourth-order valence-electron chi connectivity index (χ4n) is 2.72. The number of thioether (sulfide) groups is 1. The van der Waals surface area contributed by atoms with Gasteiger partial charge in [0.2, 0.25) is 5.91 Å². The lowest BCUT2D eigenvalue weighted by Gasteiger charge is -2.16. The van der Waals surface area contributed by atoms with Gasteiger partial charge >= 0.3 is 5.97 Å². The lowest BCUT2D eigenvalue weighted by Crippen LogP contribution is -2.43. The van der Waals surface area contributed by atoms with Crippen molar-refractivity contribution in [3.8, 4) is 0 Å². The van der Waals surface area contributed by atoms with Gasteiger partial charge in [-0.1, -0.05) is 48.2 Å². The second-order valence-corrected chi connectivity index (χ2v) is 7.15. The molecule has 0 saturated heterocycles. The van der Waals surface area contributed by atoms with Crippen LogP contribution in [0.15, 0.2) is 53.7 Å². The SMILES string of the molecule is COC(=O)[C@@H](Cc1ccccc1)NC(=O)CSc1nc2ccc(C)cc2[nH]1. The average Bonchev–Trinajstić information content (AvgIpc) is 3.08. The summed E-state index contributed by atoms with van der Waals surface area (Å²) < 4.78 is 4.82. The number of nitrogens with one attached hydrogen (secondary N) is 2. The molecule has 0 aliphatic rings. The molecule has 0 aliphatic carbocycles. The molecule has 0 spiro atoms. The number of benzene rings is 2. The number of hydrogen-bond donors (Lipinski definition) is 2. The molecule has 1 heterocycles. The molecule has 0 saturated carbocycles. The van der Waals surface area contributed by atoms with Gasteiger partial charge in [-0.2, -0.15) is 0 Å². The van der Waals surface area contributed by atoms with Crippen LogP contribution in [0.1, 0.15) is 11.1 Å². The molecular weight excluding hydrogens is 362 g/mol. The van der Waals surface area contributed by atoms with E-state index in [4.69, 9.17) is 4.74 Å². The maximum absolute atomic E-state index is 12.3. The van der Waals surface area contributed by atoms with Crippen LogP contribution >= 0.6 is 11.8 Å². The zero-order valence-electron chi connectivity index (χ0n) is 15.2. The van der Waals surface area contributed by atoms with E-state index in [9.17, 15) is 9.59 Å². The maximum Gasteiger partial charge on any atom is 0.328 e. The van der Waals surface area contributed by atoms with Gasteiger partial charge in [0.05, 0.1) is 23.9 Å². The summed E-state index contributed by atoms with van der Waals surface area (Å²) in [5.74, 6) is -0.555. The van der Waals surface area contributed by atoms with Crippen molar-refractivity contribution in [1.29, 1.82) is 0 Å². The van der Waals surface area contributed by atoms with Crippen molar-refractivity contribution in [2.75, 3.05) is 12.9 Å². The maximum atomic E-state index is 12.3. The molecule has 6 nitrogen and oxygen atoms in total. The predicted molar refractivity (Wildman–Crippen MR) is 106 cm³/mol. The fraction of sp³-hybridized carbons (Fsp3) is 0.250. The van der Waals surface area contributed by atoms with Crippen molar-refractivity contribution < 1.29 is 14.3 Å². The summed E-state index contributed by atoms with van der Waals surface area (Å²) in [6.07, 6.45) is 0.383. The highest BCUT2D eigenvalue weighted by molar-refractivity contribution is 7.99. The second kappa shape index (κ2) is 8.73. The van der Waals surface area contributed by atoms with Gasteiger partial charge < -0.3 is 15.0 Å². The van der Waals surface area contributed by atoms with Crippen molar-refractivity contribution in [2.45, 2.75) is 24.5 Å². The number of ether oxygens (including phenoxy) is 1. The van der Waals surface area contributed by atoms with Crippen LogP contribution in [0, 0.1) is 6.92 Å². The standard InChI is InChI=1S/C20H21N3O3S/c1-13-8-9-15-16(10-13)23-20(22-15)27-12-18(24)21-17(19(25)26-2)11-14-6-4-3-5-7-14/h3-10,17H,11-12H2,1-2H3,(H,21,24)(H,22,23)/t17-/m1/s1. The molecule has 2 N–H and O–H groups in total. The van der Waals surface area contributed by atoms with Crippen LogP contribution in [-0.2, 0) is 20.7 Å². The first-order valence-electron chi connectivity index (χ1n) is 8.55. The number of H-pyrrole nitrogens is 1. The van der Waals surface area contributed by atoms with Gasteiger partial charge in [0.15, 0.2) is 5.16 Å². The normalized spacial score (nSPS) is 11.9. The van der Waals surface area contributed by atoms with Gasteiger partial charge in [0.1, 0.15) is 6.04 Å². The molecule has 1 amide bonds. The molecule has 0 bridgehead atoms. The zero-order valence-corrected chi connectivity index (χ0v) is 16.0. The highest BCUT2D eigenvalue weighted by atomic mass is 32.2. The summed E-state index contributed by atoms with van der Waals surface area (Å²) in [5.41, 5.74) is 3.89. The monoisotopic (exact) mass is 383 g/mol. The zero-order chi connectivity index (χ0) is 19.2. The van der Waals surface area contributed by atoms with E-state index >= 15 is 0 Å². The van der Waals surface area contributed by atoms with Crippen LogP contribution in [0.4, 0.5) is 0 Å². The Bertz CT molecular complexity index is 940. The van der Waals surface area contributed by atoms with Crippen LogP contribution < -0.4 is 5.32 Å². The highest BCUT2D eigenvalue weighted by Gasteiger charge is 2.22. The fourth-order valence-corrected chi connectivity index (χ4v) is 3.42. The Morgan fingerprint density at radius 2 is 2.00 bits per heavy atom. The number of aromatic amines is 1. The number of imidazole rings is 1. The van der Waals surface area contributed by atoms with Crippen molar-refractivity contribution in [2.24, 2.45) is 0 Å². The van der Waals surface area contributed by atoms with E-state index in [1.165, 1.54) is 18.9 Å². The van der Waals surface area contributed by atoms with E-state index in [0.29, 0.717) is 11.6 Å². The molecule has 1 aromatic heterocycles. The van der Waals surface area contributed by atoms with E-state index < -0.39 is 12.0 Å². The molecule has 3 rings (SSSR count). The first-order chi connectivity index (χ1) is 13.0. The second-order valence-electron chi connectivity index (χ2n) is 6.18. The number of rotatable bonds is 7. The molecule has 7 heteroatoms. The summed E-state index contributed by atoms with van der Waals surface area (Å²) in [6, 6.07) is 14.7. The Morgan fingerprint density at radius 1 is 1.22 bits per heavy atom. The minimum atomic E-state index is -0.719. The van der Waals surface area contributed by atoms with Crippen LogP contribution in [-0.4, -0.2) is 40.7 Å². The minimum Gasteiger partial charge on any atom is -0.467 e. The minimum absolute atomic E-state index is 0.154. The average molecular weight is 383 g/mol. The number of methoxy groups -OCH3 is 1. The van der Waals surface area contributed by atoms with Crippen LogP contribution in [0.2, 0.25) is 0 Å². The van der Waals surface area contributed by atoms with E-state index in [1.54, 1.807) is 0 Å². The van der Waals surface area contributed by atoms with Crippen LogP contribution in [0.25, 0.3) is 11.0 Å². The molecular formula is C20H21N3O3S. The Morgan fingerprint density at radius 3 is 2.74 bits per heavy atom. The van der Waals surface area contributed by atoms with Gasteiger partial charge in [0.25, 0.3) is 0 Å².